The molecule has 2 bridgehead atoms. The van der Waals surface area contributed by atoms with Crippen LogP contribution in [0, 0.1) is 23.2 Å². The first-order chi connectivity index (χ1) is 7.38. The zero-order chi connectivity index (χ0) is 11.9. The van der Waals surface area contributed by atoms with Gasteiger partial charge < -0.3 is 10.2 Å². The molecule has 0 radical (unpaired) electrons. The topological polar surface area (TPSA) is 40.5 Å². The highest BCUT2D eigenvalue weighted by atomic mass is 16.3. The molecule has 0 saturated heterocycles. The molecule has 5 atom stereocenters. The third-order valence-electron chi connectivity index (χ3n) is 4.68. The standard InChI is InChI=1S/C14H26O2/c1-14(2,3)13(16)12(15)8-11-7-9-4-5-10(11)6-9/h9-13,15-16H,4-8H2,1-3H3. The van der Waals surface area contributed by atoms with E-state index < -0.39 is 12.2 Å². The van der Waals surface area contributed by atoms with Gasteiger partial charge in [0.25, 0.3) is 0 Å². The van der Waals surface area contributed by atoms with Crippen LogP contribution >= 0.6 is 0 Å². The molecule has 0 heterocycles. The molecule has 2 heteroatoms. The molecule has 2 rings (SSSR count). The van der Waals surface area contributed by atoms with Gasteiger partial charge in [0.05, 0.1) is 12.2 Å². The molecule has 0 spiro atoms. The Morgan fingerprint density at radius 1 is 1.12 bits per heavy atom. The summed E-state index contributed by atoms with van der Waals surface area (Å²) in [6, 6.07) is 0. The largest absolute Gasteiger partial charge is 0.390 e. The second kappa shape index (κ2) is 4.30. The molecule has 2 fully saturated rings. The van der Waals surface area contributed by atoms with E-state index in [-0.39, 0.29) is 5.41 Å². The first-order valence-electron chi connectivity index (χ1n) is 6.74. The van der Waals surface area contributed by atoms with E-state index >= 15 is 0 Å². The maximum Gasteiger partial charge on any atom is 0.0847 e. The predicted octanol–water partition coefficient (Wildman–Crippen LogP) is 2.58. The average molecular weight is 226 g/mol. The van der Waals surface area contributed by atoms with Crippen molar-refractivity contribution < 1.29 is 10.2 Å². The fraction of sp³-hybridized carbons (Fsp3) is 1.00. The number of hydrogen-bond donors (Lipinski definition) is 2. The number of aliphatic hydroxyl groups excluding tert-OH is 2. The van der Waals surface area contributed by atoms with E-state index in [2.05, 4.69) is 0 Å². The summed E-state index contributed by atoms with van der Waals surface area (Å²) in [5.41, 5.74) is -0.211. The Kier molecular flexibility index (Phi) is 3.33. The predicted molar refractivity (Wildman–Crippen MR) is 65.0 cm³/mol. The molecule has 2 saturated carbocycles. The van der Waals surface area contributed by atoms with E-state index in [1.165, 1.54) is 25.7 Å². The van der Waals surface area contributed by atoms with Crippen molar-refractivity contribution in [2.24, 2.45) is 23.2 Å². The van der Waals surface area contributed by atoms with Gasteiger partial charge in [0.15, 0.2) is 0 Å². The van der Waals surface area contributed by atoms with Gasteiger partial charge in [-0.1, -0.05) is 27.2 Å². The minimum absolute atomic E-state index is 0.211. The summed E-state index contributed by atoms with van der Waals surface area (Å²) in [7, 11) is 0. The van der Waals surface area contributed by atoms with E-state index in [0.29, 0.717) is 5.92 Å². The van der Waals surface area contributed by atoms with Gasteiger partial charge in [-0.25, -0.2) is 0 Å². The van der Waals surface area contributed by atoms with Crippen molar-refractivity contribution in [3.8, 4) is 0 Å². The Labute approximate surface area is 99.1 Å². The lowest BCUT2D eigenvalue weighted by atomic mass is 9.79. The van der Waals surface area contributed by atoms with Gasteiger partial charge in [0, 0.05) is 0 Å². The first kappa shape index (κ1) is 12.4. The summed E-state index contributed by atoms with van der Waals surface area (Å²) in [4.78, 5) is 0. The lowest BCUT2D eigenvalue weighted by molar-refractivity contribution is -0.0565. The van der Waals surface area contributed by atoms with Crippen molar-refractivity contribution in [2.45, 2.75) is 65.1 Å². The summed E-state index contributed by atoms with van der Waals surface area (Å²) in [6.45, 7) is 5.96. The van der Waals surface area contributed by atoms with Crippen molar-refractivity contribution in [3.63, 3.8) is 0 Å². The minimum Gasteiger partial charge on any atom is -0.390 e. The molecule has 2 N–H and O–H groups in total. The molecule has 94 valence electrons. The fourth-order valence-corrected chi connectivity index (χ4v) is 3.68. The van der Waals surface area contributed by atoms with E-state index in [4.69, 9.17) is 0 Å². The Morgan fingerprint density at radius 2 is 1.81 bits per heavy atom. The molecule has 2 nitrogen and oxygen atoms in total. The van der Waals surface area contributed by atoms with Crippen LogP contribution in [0.3, 0.4) is 0 Å². The van der Waals surface area contributed by atoms with Crippen LogP contribution in [0.1, 0.15) is 52.9 Å². The van der Waals surface area contributed by atoms with Crippen molar-refractivity contribution in [3.05, 3.63) is 0 Å². The molecule has 0 aromatic rings. The van der Waals surface area contributed by atoms with E-state index in [9.17, 15) is 10.2 Å². The second-order valence-corrected chi connectivity index (χ2v) is 7.05. The smallest absolute Gasteiger partial charge is 0.0847 e. The van der Waals surface area contributed by atoms with Crippen LogP contribution in [0.4, 0.5) is 0 Å². The maximum atomic E-state index is 10.1. The SMILES string of the molecule is CC(C)(C)C(O)C(O)CC1CC2CCC1C2. The third kappa shape index (κ3) is 2.43. The molecule has 16 heavy (non-hydrogen) atoms. The summed E-state index contributed by atoms with van der Waals surface area (Å²) in [5, 5.41) is 20.1. The number of fused-ring (bicyclic) bond motifs is 2. The second-order valence-electron chi connectivity index (χ2n) is 7.05. The highest BCUT2D eigenvalue weighted by molar-refractivity contribution is 4.92. The van der Waals surface area contributed by atoms with Crippen molar-refractivity contribution in [1.82, 2.24) is 0 Å². The van der Waals surface area contributed by atoms with Gasteiger partial charge in [0.2, 0.25) is 0 Å². The Bertz CT molecular complexity index is 244. The number of aliphatic hydroxyl groups is 2. The van der Waals surface area contributed by atoms with Gasteiger partial charge in [-0.2, -0.15) is 0 Å². The Hall–Kier alpha value is -0.0800. The van der Waals surface area contributed by atoms with E-state index in [1.807, 2.05) is 20.8 Å². The molecule has 2 aliphatic carbocycles. The Balaban J connectivity index is 1.86. The number of hydrogen-bond acceptors (Lipinski definition) is 2. The minimum atomic E-state index is -0.591. The van der Waals surface area contributed by atoms with Crippen LogP contribution in [-0.2, 0) is 0 Å². The lowest BCUT2D eigenvalue weighted by Gasteiger charge is -2.33. The van der Waals surface area contributed by atoms with Crippen LogP contribution in [0.25, 0.3) is 0 Å². The van der Waals surface area contributed by atoms with Gasteiger partial charge >= 0.3 is 0 Å². The normalized spacial score (nSPS) is 37.7. The third-order valence-corrected chi connectivity index (χ3v) is 4.68. The summed E-state index contributed by atoms with van der Waals surface area (Å²) >= 11 is 0. The highest BCUT2D eigenvalue weighted by Gasteiger charge is 2.41. The van der Waals surface area contributed by atoms with Gasteiger partial charge in [0.1, 0.15) is 0 Å². The van der Waals surface area contributed by atoms with Gasteiger partial charge in [-0.05, 0) is 48.9 Å². The first-order valence-corrected chi connectivity index (χ1v) is 6.74. The molecule has 5 unspecified atom stereocenters. The van der Waals surface area contributed by atoms with Gasteiger partial charge in [-0.3, -0.25) is 0 Å². The van der Waals surface area contributed by atoms with Gasteiger partial charge in [-0.15, -0.1) is 0 Å². The fourth-order valence-electron chi connectivity index (χ4n) is 3.68. The molecule has 0 amide bonds. The quantitative estimate of drug-likeness (QED) is 0.776. The average Bonchev–Trinajstić information content (AvgIpc) is 2.76. The zero-order valence-corrected chi connectivity index (χ0v) is 10.8. The van der Waals surface area contributed by atoms with Crippen LogP contribution in [-0.4, -0.2) is 22.4 Å². The lowest BCUT2D eigenvalue weighted by Crippen LogP contribution is -2.39. The van der Waals surface area contributed by atoms with Crippen LogP contribution in [0.5, 0.6) is 0 Å². The zero-order valence-electron chi connectivity index (χ0n) is 10.8. The molecule has 0 aromatic carbocycles. The van der Waals surface area contributed by atoms with Crippen LogP contribution < -0.4 is 0 Å². The van der Waals surface area contributed by atoms with Crippen molar-refractivity contribution >= 4 is 0 Å². The summed E-state index contributed by atoms with van der Waals surface area (Å²) in [6.07, 6.45) is 5.10. The van der Waals surface area contributed by atoms with Crippen molar-refractivity contribution in [1.29, 1.82) is 0 Å². The van der Waals surface area contributed by atoms with Crippen molar-refractivity contribution in [2.75, 3.05) is 0 Å². The molecule has 0 aromatic heterocycles. The van der Waals surface area contributed by atoms with Crippen LogP contribution in [0.15, 0.2) is 0 Å². The molecule has 0 aliphatic heterocycles. The summed E-state index contributed by atoms with van der Waals surface area (Å²) < 4.78 is 0. The summed E-state index contributed by atoms with van der Waals surface area (Å²) in [5.74, 6) is 2.44. The highest BCUT2D eigenvalue weighted by Crippen LogP contribution is 2.50. The monoisotopic (exact) mass is 226 g/mol. The Morgan fingerprint density at radius 3 is 2.25 bits per heavy atom. The maximum absolute atomic E-state index is 10.1. The van der Waals surface area contributed by atoms with E-state index in [1.54, 1.807) is 0 Å². The van der Waals surface area contributed by atoms with Crippen LogP contribution in [0.2, 0.25) is 0 Å². The molecular weight excluding hydrogens is 200 g/mol. The number of rotatable bonds is 3. The molecular formula is C14H26O2. The molecule has 2 aliphatic rings. The van der Waals surface area contributed by atoms with E-state index in [0.717, 1.165) is 18.3 Å².